The molecule has 0 amide bonds. The summed E-state index contributed by atoms with van der Waals surface area (Å²) in [7, 11) is 0. The van der Waals surface area contributed by atoms with E-state index in [1.54, 1.807) is 37.8 Å². The standard InChI is InChI=1S/C20H14FN3O/c1-12-4-5-14(21)9-16(12)19(25)17-11-24-20-18(17)15(6-8-23-20)13-3-2-7-22-10-13/h2-11H,1H3,(H,23,24). The zero-order valence-electron chi connectivity index (χ0n) is 13.5. The first-order valence-electron chi connectivity index (χ1n) is 7.82. The minimum Gasteiger partial charge on any atom is -0.345 e. The van der Waals surface area contributed by atoms with Crippen LogP contribution in [0.1, 0.15) is 21.5 Å². The molecule has 0 fully saturated rings. The van der Waals surface area contributed by atoms with Gasteiger partial charge in [-0.05, 0) is 42.3 Å². The van der Waals surface area contributed by atoms with Crippen LogP contribution in [-0.4, -0.2) is 20.7 Å². The van der Waals surface area contributed by atoms with Gasteiger partial charge in [0.2, 0.25) is 0 Å². The number of rotatable bonds is 3. The number of aromatic nitrogens is 3. The van der Waals surface area contributed by atoms with Crippen LogP contribution in [0.4, 0.5) is 4.39 Å². The smallest absolute Gasteiger partial charge is 0.195 e. The number of pyridine rings is 2. The molecule has 0 aliphatic heterocycles. The van der Waals surface area contributed by atoms with Gasteiger partial charge in [-0.1, -0.05) is 12.1 Å². The maximum Gasteiger partial charge on any atom is 0.195 e. The second-order valence-electron chi connectivity index (χ2n) is 5.81. The highest BCUT2D eigenvalue weighted by atomic mass is 19.1. The third kappa shape index (κ3) is 2.59. The number of halogens is 1. The molecule has 4 nitrogen and oxygen atoms in total. The highest BCUT2D eigenvalue weighted by molar-refractivity contribution is 6.19. The van der Waals surface area contributed by atoms with E-state index in [0.29, 0.717) is 22.2 Å². The van der Waals surface area contributed by atoms with E-state index in [0.717, 1.165) is 16.7 Å². The molecular weight excluding hydrogens is 317 g/mol. The molecule has 5 heteroatoms. The van der Waals surface area contributed by atoms with E-state index >= 15 is 0 Å². The Morgan fingerprint density at radius 1 is 1.12 bits per heavy atom. The van der Waals surface area contributed by atoms with Gasteiger partial charge in [0.05, 0.1) is 5.56 Å². The Balaban J connectivity index is 1.94. The molecule has 0 atom stereocenters. The molecule has 4 rings (SSSR count). The Morgan fingerprint density at radius 3 is 2.80 bits per heavy atom. The van der Waals surface area contributed by atoms with Gasteiger partial charge in [0, 0.05) is 41.3 Å². The summed E-state index contributed by atoms with van der Waals surface area (Å²) in [6, 6.07) is 9.85. The summed E-state index contributed by atoms with van der Waals surface area (Å²) in [6.45, 7) is 1.79. The van der Waals surface area contributed by atoms with Gasteiger partial charge in [-0.25, -0.2) is 9.37 Å². The Hall–Kier alpha value is -3.34. The van der Waals surface area contributed by atoms with Crippen molar-refractivity contribution in [3.05, 3.63) is 83.7 Å². The average molecular weight is 331 g/mol. The van der Waals surface area contributed by atoms with Crippen LogP contribution in [0, 0.1) is 12.7 Å². The third-order valence-electron chi connectivity index (χ3n) is 4.23. The van der Waals surface area contributed by atoms with Gasteiger partial charge in [-0.15, -0.1) is 0 Å². The zero-order valence-corrected chi connectivity index (χ0v) is 13.5. The summed E-state index contributed by atoms with van der Waals surface area (Å²) in [4.78, 5) is 24.5. The molecule has 4 aromatic rings. The number of nitrogens with zero attached hydrogens (tertiary/aromatic N) is 2. The number of hydrogen-bond acceptors (Lipinski definition) is 3. The van der Waals surface area contributed by atoms with Gasteiger partial charge in [0.25, 0.3) is 0 Å². The monoisotopic (exact) mass is 331 g/mol. The normalized spacial score (nSPS) is 11.0. The highest BCUT2D eigenvalue weighted by Crippen LogP contribution is 2.31. The SMILES string of the molecule is Cc1ccc(F)cc1C(=O)c1c[nH]c2nccc(-c3cccnc3)c12. The summed E-state index contributed by atoms with van der Waals surface area (Å²) in [5.41, 5.74) is 3.90. The van der Waals surface area contributed by atoms with Gasteiger partial charge in [0.1, 0.15) is 11.5 Å². The molecule has 0 spiro atoms. The fraction of sp³-hybridized carbons (Fsp3) is 0.0500. The number of aryl methyl sites for hydroxylation is 1. The van der Waals surface area contributed by atoms with Crippen LogP contribution < -0.4 is 0 Å². The highest BCUT2D eigenvalue weighted by Gasteiger charge is 2.20. The maximum absolute atomic E-state index is 13.6. The first-order valence-corrected chi connectivity index (χ1v) is 7.82. The van der Waals surface area contributed by atoms with Crippen LogP contribution in [0.15, 0.2) is 61.2 Å². The summed E-state index contributed by atoms with van der Waals surface area (Å²) < 4.78 is 13.6. The van der Waals surface area contributed by atoms with E-state index in [1.807, 2.05) is 18.2 Å². The van der Waals surface area contributed by atoms with Crippen molar-refractivity contribution in [2.45, 2.75) is 6.92 Å². The van der Waals surface area contributed by atoms with Crippen molar-refractivity contribution in [3.63, 3.8) is 0 Å². The van der Waals surface area contributed by atoms with Crippen LogP contribution >= 0.6 is 0 Å². The van der Waals surface area contributed by atoms with Gasteiger partial charge in [-0.2, -0.15) is 0 Å². The Kier molecular flexibility index (Phi) is 3.61. The molecule has 0 saturated heterocycles. The van der Waals surface area contributed by atoms with E-state index < -0.39 is 5.82 Å². The lowest BCUT2D eigenvalue weighted by Crippen LogP contribution is -2.04. The average Bonchev–Trinajstić information content (AvgIpc) is 3.08. The molecule has 3 heterocycles. The molecule has 0 aliphatic carbocycles. The predicted molar refractivity (Wildman–Crippen MR) is 93.9 cm³/mol. The van der Waals surface area contributed by atoms with Gasteiger partial charge >= 0.3 is 0 Å². The summed E-state index contributed by atoms with van der Waals surface area (Å²) in [5, 5.41) is 0.712. The first kappa shape index (κ1) is 15.2. The second kappa shape index (κ2) is 5.94. The van der Waals surface area contributed by atoms with Crippen LogP contribution in [0.25, 0.3) is 22.2 Å². The number of carbonyl (C=O) groups excluding carboxylic acids is 1. The van der Waals surface area contributed by atoms with Crippen LogP contribution in [0.2, 0.25) is 0 Å². The number of nitrogens with one attached hydrogen (secondary N) is 1. The molecule has 1 N–H and O–H groups in total. The first-order chi connectivity index (χ1) is 12.1. The lowest BCUT2D eigenvalue weighted by Gasteiger charge is -2.07. The number of hydrogen-bond donors (Lipinski definition) is 1. The third-order valence-corrected chi connectivity index (χ3v) is 4.23. The topological polar surface area (TPSA) is 58.6 Å². The Bertz CT molecular complexity index is 1090. The summed E-state index contributed by atoms with van der Waals surface area (Å²) >= 11 is 0. The van der Waals surface area contributed by atoms with Crippen LogP contribution in [0.5, 0.6) is 0 Å². The largest absolute Gasteiger partial charge is 0.345 e. The van der Waals surface area contributed by atoms with E-state index in [2.05, 4.69) is 15.0 Å². The zero-order chi connectivity index (χ0) is 17.4. The number of carbonyl (C=O) groups is 1. The fourth-order valence-corrected chi connectivity index (χ4v) is 2.98. The lowest BCUT2D eigenvalue weighted by molar-refractivity contribution is 0.103. The van der Waals surface area contributed by atoms with Crippen molar-refractivity contribution >= 4 is 16.8 Å². The van der Waals surface area contributed by atoms with Crippen molar-refractivity contribution in [1.29, 1.82) is 0 Å². The van der Waals surface area contributed by atoms with Crippen LogP contribution in [-0.2, 0) is 0 Å². The van der Waals surface area contributed by atoms with Crippen LogP contribution in [0.3, 0.4) is 0 Å². The fourth-order valence-electron chi connectivity index (χ4n) is 2.98. The van der Waals surface area contributed by atoms with E-state index in [1.165, 1.54) is 12.1 Å². The number of ketones is 1. The number of H-pyrrole nitrogens is 1. The molecule has 0 unspecified atom stereocenters. The minimum absolute atomic E-state index is 0.235. The van der Waals surface area contributed by atoms with Gasteiger partial charge < -0.3 is 4.98 Å². The molecule has 0 saturated carbocycles. The predicted octanol–water partition coefficient (Wildman–Crippen LogP) is 4.30. The molecule has 0 bridgehead atoms. The molecule has 0 aliphatic rings. The molecule has 3 aromatic heterocycles. The Labute approximate surface area is 143 Å². The summed E-state index contributed by atoms with van der Waals surface area (Å²) in [6.07, 6.45) is 6.75. The van der Waals surface area contributed by atoms with Gasteiger partial charge in [-0.3, -0.25) is 9.78 Å². The molecular formula is C20H14FN3O. The molecule has 122 valence electrons. The van der Waals surface area contributed by atoms with E-state index in [-0.39, 0.29) is 5.78 Å². The van der Waals surface area contributed by atoms with E-state index in [9.17, 15) is 9.18 Å². The number of aromatic amines is 1. The maximum atomic E-state index is 13.6. The Morgan fingerprint density at radius 2 is 2.00 bits per heavy atom. The number of benzene rings is 1. The lowest BCUT2D eigenvalue weighted by atomic mass is 9.96. The molecule has 1 aromatic carbocycles. The second-order valence-corrected chi connectivity index (χ2v) is 5.81. The van der Waals surface area contributed by atoms with Crippen molar-refractivity contribution < 1.29 is 9.18 Å². The van der Waals surface area contributed by atoms with Crippen molar-refractivity contribution in [2.24, 2.45) is 0 Å². The summed E-state index contributed by atoms with van der Waals surface area (Å²) in [5.74, 6) is -0.666. The minimum atomic E-state index is -0.431. The van der Waals surface area contributed by atoms with Crippen molar-refractivity contribution in [1.82, 2.24) is 15.0 Å². The van der Waals surface area contributed by atoms with E-state index in [4.69, 9.17) is 0 Å². The molecule has 0 radical (unpaired) electrons. The quantitative estimate of drug-likeness (QED) is 0.569. The van der Waals surface area contributed by atoms with Crippen molar-refractivity contribution in [2.75, 3.05) is 0 Å². The van der Waals surface area contributed by atoms with Crippen molar-refractivity contribution in [3.8, 4) is 11.1 Å². The van der Waals surface area contributed by atoms with Gasteiger partial charge in [0.15, 0.2) is 5.78 Å². The molecule has 25 heavy (non-hydrogen) atoms. The number of fused-ring (bicyclic) bond motifs is 1.